The lowest BCUT2D eigenvalue weighted by molar-refractivity contribution is 0.219. The molecule has 0 bridgehead atoms. The number of hydrogen-bond acceptors (Lipinski definition) is 6. The second kappa shape index (κ2) is 7.43. The molecule has 22 heavy (non-hydrogen) atoms. The van der Waals surface area contributed by atoms with E-state index in [1.807, 2.05) is 13.0 Å². The van der Waals surface area contributed by atoms with Gasteiger partial charge in [-0.05, 0) is 44.3 Å². The van der Waals surface area contributed by atoms with Crippen LogP contribution in [0.15, 0.2) is 6.07 Å². The Bertz CT molecular complexity index is 546. The van der Waals surface area contributed by atoms with Crippen molar-refractivity contribution in [2.24, 2.45) is 5.41 Å². The summed E-state index contributed by atoms with van der Waals surface area (Å²) in [6.45, 7) is 8.36. The molecule has 0 spiro atoms. The zero-order valence-electron chi connectivity index (χ0n) is 13.4. The van der Waals surface area contributed by atoms with Crippen LogP contribution >= 0.6 is 0 Å². The first-order valence-electron chi connectivity index (χ1n) is 7.82. The van der Waals surface area contributed by atoms with Crippen LogP contribution in [0.25, 0.3) is 0 Å². The van der Waals surface area contributed by atoms with Gasteiger partial charge in [-0.25, -0.2) is 4.98 Å². The van der Waals surface area contributed by atoms with E-state index in [4.69, 9.17) is 15.7 Å². The fourth-order valence-electron chi connectivity index (χ4n) is 2.74. The first-order chi connectivity index (χ1) is 10.6. The van der Waals surface area contributed by atoms with Gasteiger partial charge in [0.15, 0.2) is 0 Å². The fraction of sp³-hybridized carbons (Fsp3) is 0.625. The normalized spacial score (nSPS) is 17.0. The standard InChI is InChI=1S/C16H25N5O/c1-3-22-15-13(9-17)14(18)8-12(21-15)10-20-11-16(2)4-6-19-7-5-16/h8,19-20H,3-7,10-11H2,1-2H3,(H2,18,21). The number of nitrogens with one attached hydrogen (secondary N) is 2. The summed E-state index contributed by atoms with van der Waals surface area (Å²) in [5, 5.41) is 16.0. The fourth-order valence-corrected chi connectivity index (χ4v) is 2.74. The number of pyridine rings is 1. The number of nitrogen functional groups attached to an aromatic ring is 1. The maximum absolute atomic E-state index is 9.13. The number of nitriles is 1. The molecule has 0 saturated carbocycles. The summed E-state index contributed by atoms with van der Waals surface area (Å²) in [5.41, 5.74) is 7.79. The molecule has 4 N–H and O–H groups in total. The average molecular weight is 303 g/mol. The SMILES string of the molecule is CCOc1nc(CNCC2(C)CCNCC2)cc(N)c1C#N. The Morgan fingerprint density at radius 3 is 2.86 bits per heavy atom. The van der Waals surface area contributed by atoms with Crippen molar-refractivity contribution in [2.75, 3.05) is 32.0 Å². The van der Waals surface area contributed by atoms with Crippen molar-refractivity contribution in [1.29, 1.82) is 5.26 Å². The molecular formula is C16H25N5O. The van der Waals surface area contributed by atoms with Gasteiger partial charge in [0.1, 0.15) is 11.6 Å². The number of piperidine rings is 1. The van der Waals surface area contributed by atoms with Gasteiger partial charge in [0.05, 0.1) is 18.0 Å². The van der Waals surface area contributed by atoms with Crippen LogP contribution < -0.4 is 21.1 Å². The molecule has 0 unspecified atom stereocenters. The molecule has 1 aliphatic heterocycles. The van der Waals surface area contributed by atoms with Gasteiger partial charge in [0, 0.05) is 13.1 Å². The van der Waals surface area contributed by atoms with E-state index >= 15 is 0 Å². The summed E-state index contributed by atoms with van der Waals surface area (Å²) >= 11 is 0. The molecule has 0 aliphatic carbocycles. The van der Waals surface area contributed by atoms with E-state index < -0.39 is 0 Å². The summed E-state index contributed by atoms with van der Waals surface area (Å²) in [5.74, 6) is 0.329. The lowest BCUT2D eigenvalue weighted by atomic mass is 9.81. The molecule has 1 aromatic heterocycles. The van der Waals surface area contributed by atoms with Crippen molar-refractivity contribution < 1.29 is 4.74 Å². The van der Waals surface area contributed by atoms with E-state index in [0.717, 1.165) is 25.3 Å². The number of nitrogens with zero attached hydrogens (tertiary/aromatic N) is 2. The zero-order chi connectivity index (χ0) is 16.0. The summed E-state index contributed by atoms with van der Waals surface area (Å²) in [4.78, 5) is 4.40. The third-order valence-electron chi connectivity index (χ3n) is 4.13. The van der Waals surface area contributed by atoms with Gasteiger partial charge in [-0.2, -0.15) is 5.26 Å². The van der Waals surface area contributed by atoms with Gasteiger partial charge < -0.3 is 21.1 Å². The minimum absolute atomic E-state index is 0.316. The molecule has 0 aromatic carbocycles. The highest BCUT2D eigenvalue weighted by molar-refractivity contribution is 5.59. The van der Waals surface area contributed by atoms with Gasteiger partial charge in [0.2, 0.25) is 5.88 Å². The Hall–Kier alpha value is -1.84. The smallest absolute Gasteiger partial charge is 0.234 e. The molecule has 2 rings (SSSR count). The molecule has 2 heterocycles. The zero-order valence-corrected chi connectivity index (χ0v) is 13.4. The highest BCUT2D eigenvalue weighted by Gasteiger charge is 2.26. The predicted molar refractivity (Wildman–Crippen MR) is 86.5 cm³/mol. The van der Waals surface area contributed by atoms with Gasteiger partial charge in [-0.15, -0.1) is 0 Å². The quantitative estimate of drug-likeness (QED) is 0.735. The van der Waals surface area contributed by atoms with Crippen LogP contribution in [-0.2, 0) is 6.54 Å². The minimum atomic E-state index is 0.316. The average Bonchev–Trinajstić information content (AvgIpc) is 2.48. The van der Waals surface area contributed by atoms with Crippen molar-refractivity contribution >= 4 is 5.69 Å². The van der Waals surface area contributed by atoms with Crippen LogP contribution in [0.4, 0.5) is 5.69 Å². The van der Waals surface area contributed by atoms with E-state index in [-0.39, 0.29) is 0 Å². The monoisotopic (exact) mass is 303 g/mol. The summed E-state index contributed by atoms with van der Waals surface area (Å²) in [6, 6.07) is 3.80. The Kier molecular flexibility index (Phi) is 5.58. The van der Waals surface area contributed by atoms with E-state index in [1.165, 1.54) is 12.8 Å². The first-order valence-corrected chi connectivity index (χ1v) is 7.82. The Balaban J connectivity index is 1.99. The van der Waals surface area contributed by atoms with E-state index in [0.29, 0.717) is 35.7 Å². The minimum Gasteiger partial charge on any atom is -0.477 e. The summed E-state index contributed by atoms with van der Waals surface area (Å²) in [7, 11) is 0. The highest BCUT2D eigenvalue weighted by atomic mass is 16.5. The summed E-state index contributed by atoms with van der Waals surface area (Å²) < 4.78 is 5.42. The van der Waals surface area contributed by atoms with Crippen molar-refractivity contribution in [2.45, 2.75) is 33.2 Å². The molecule has 0 atom stereocenters. The molecule has 1 saturated heterocycles. The highest BCUT2D eigenvalue weighted by Crippen LogP contribution is 2.27. The van der Waals surface area contributed by atoms with Crippen LogP contribution in [-0.4, -0.2) is 31.2 Å². The third kappa shape index (κ3) is 4.09. The lowest BCUT2D eigenvalue weighted by Gasteiger charge is -2.34. The number of hydrogen-bond donors (Lipinski definition) is 3. The van der Waals surface area contributed by atoms with Crippen molar-refractivity contribution in [3.63, 3.8) is 0 Å². The van der Waals surface area contributed by atoms with Crippen LogP contribution in [0.2, 0.25) is 0 Å². The predicted octanol–water partition coefficient (Wildman–Crippen LogP) is 1.41. The van der Waals surface area contributed by atoms with Crippen LogP contribution in [0, 0.1) is 16.7 Å². The molecule has 1 fully saturated rings. The van der Waals surface area contributed by atoms with Crippen LogP contribution in [0.1, 0.15) is 37.9 Å². The second-order valence-electron chi connectivity index (χ2n) is 6.09. The Labute approximate surface area is 132 Å². The van der Waals surface area contributed by atoms with Crippen LogP contribution in [0.3, 0.4) is 0 Å². The molecule has 0 radical (unpaired) electrons. The van der Waals surface area contributed by atoms with Gasteiger partial charge >= 0.3 is 0 Å². The number of aromatic nitrogens is 1. The molecule has 0 amide bonds. The lowest BCUT2D eigenvalue weighted by Crippen LogP contribution is -2.41. The summed E-state index contributed by atoms with van der Waals surface area (Å²) in [6.07, 6.45) is 2.35. The topological polar surface area (TPSA) is 96.0 Å². The molecule has 120 valence electrons. The van der Waals surface area contributed by atoms with Crippen molar-refractivity contribution in [3.05, 3.63) is 17.3 Å². The molecule has 1 aromatic rings. The second-order valence-corrected chi connectivity index (χ2v) is 6.09. The Morgan fingerprint density at radius 1 is 1.50 bits per heavy atom. The molecule has 6 nitrogen and oxygen atoms in total. The maximum atomic E-state index is 9.13. The van der Waals surface area contributed by atoms with Gasteiger partial charge in [-0.1, -0.05) is 6.92 Å². The van der Waals surface area contributed by atoms with E-state index in [9.17, 15) is 0 Å². The first kappa shape index (κ1) is 16.5. The third-order valence-corrected chi connectivity index (χ3v) is 4.13. The van der Waals surface area contributed by atoms with Crippen LogP contribution in [0.5, 0.6) is 5.88 Å². The molecule has 6 heteroatoms. The largest absolute Gasteiger partial charge is 0.477 e. The number of anilines is 1. The number of rotatable bonds is 6. The molecular weight excluding hydrogens is 278 g/mol. The van der Waals surface area contributed by atoms with E-state index in [1.54, 1.807) is 6.07 Å². The number of ether oxygens (including phenoxy) is 1. The van der Waals surface area contributed by atoms with Crippen molar-refractivity contribution in [1.82, 2.24) is 15.6 Å². The Morgan fingerprint density at radius 2 is 2.23 bits per heavy atom. The van der Waals surface area contributed by atoms with E-state index in [2.05, 4.69) is 22.5 Å². The van der Waals surface area contributed by atoms with Crippen molar-refractivity contribution in [3.8, 4) is 11.9 Å². The molecule has 1 aliphatic rings. The van der Waals surface area contributed by atoms with Gasteiger partial charge in [-0.3, -0.25) is 0 Å². The maximum Gasteiger partial charge on any atom is 0.234 e. The van der Waals surface area contributed by atoms with Gasteiger partial charge in [0.25, 0.3) is 0 Å². The number of nitrogens with two attached hydrogens (primary N) is 1.